The van der Waals surface area contributed by atoms with E-state index in [1.165, 1.54) is 16.0 Å². The summed E-state index contributed by atoms with van der Waals surface area (Å²) in [6.07, 6.45) is 1.68. The van der Waals surface area contributed by atoms with Crippen molar-refractivity contribution in [2.24, 2.45) is 5.92 Å². The van der Waals surface area contributed by atoms with Crippen molar-refractivity contribution in [3.63, 3.8) is 0 Å². The Bertz CT molecular complexity index is 683. The molecule has 0 aromatic carbocycles. The van der Waals surface area contributed by atoms with Crippen LogP contribution in [-0.2, 0) is 6.54 Å². The highest BCUT2D eigenvalue weighted by molar-refractivity contribution is 9.10. The van der Waals surface area contributed by atoms with Gasteiger partial charge in [-0.2, -0.15) is 5.10 Å². The Morgan fingerprint density at radius 2 is 2.14 bits per heavy atom. The molecule has 7 heteroatoms. The molecule has 1 unspecified atom stereocenters. The summed E-state index contributed by atoms with van der Waals surface area (Å²) in [5, 5.41) is 7.51. The van der Waals surface area contributed by atoms with E-state index in [4.69, 9.17) is 11.6 Å². The molecule has 0 saturated heterocycles. The van der Waals surface area contributed by atoms with E-state index in [2.05, 4.69) is 40.2 Å². The van der Waals surface area contributed by atoms with E-state index in [0.717, 1.165) is 9.21 Å². The maximum atomic E-state index is 12.2. The van der Waals surface area contributed by atoms with Crippen molar-refractivity contribution < 1.29 is 0 Å². The van der Waals surface area contributed by atoms with E-state index in [1.807, 2.05) is 19.1 Å². The Balaban J connectivity index is 2.21. The van der Waals surface area contributed by atoms with Gasteiger partial charge in [0.05, 0.1) is 22.3 Å². The van der Waals surface area contributed by atoms with Crippen molar-refractivity contribution in [2.45, 2.75) is 33.4 Å². The lowest BCUT2D eigenvalue weighted by molar-refractivity contribution is 0.462. The van der Waals surface area contributed by atoms with Crippen molar-refractivity contribution in [1.82, 2.24) is 9.78 Å². The number of aromatic nitrogens is 2. The largest absolute Gasteiger partial charge is 0.375 e. The molecule has 0 radical (unpaired) electrons. The standard InChI is InChI=1S/C14H17BrClN3OS/c1-8(2)7-19-14(20)13(15)10(6-17-19)18-9(3)11-4-5-12(16)21-11/h4-6,8-9,18H,7H2,1-3H3. The van der Waals surface area contributed by atoms with E-state index >= 15 is 0 Å². The molecule has 1 atom stereocenters. The van der Waals surface area contributed by atoms with E-state index < -0.39 is 0 Å². The summed E-state index contributed by atoms with van der Waals surface area (Å²) in [5.41, 5.74) is 0.571. The van der Waals surface area contributed by atoms with Crippen LogP contribution in [0, 0.1) is 5.92 Å². The summed E-state index contributed by atoms with van der Waals surface area (Å²) < 4.78 is 2.74. The van der Waals surface area contributed by atoms with E-state index in [9.17, 15) is 4.79 Å². The fraction of sp³-hybridized carbons (Fsp3) is 0.429. The molecule has 2 aromatic heterocycles. The third-order valence-electron chi connectivity index (χ3n) is 2.92. The van der Waals surface area contributed by atoms with Gasteiger partial charge in [0.25, 0.3) is 5.56 Å². The van der Waals surface area contributed by atoms with Crippen LogP contribution in [0.5, 0.6) is 0 Å². The highest BCUT2D eigenvalue weighted by atomic mass is 79.9. The predicted octanol–water partition coefficient (Wildman–Crippen LogP) is 4.55. The normalized spacial score (nSPS) is 12.7. The highest BCUT2D eigenvalue weighted by Gasteiger charge is 2.14. The van der Waals surface area contributed by atoms with Gasteiger partial charge in [0.2, 0.25) is 0 Å². The monoisotopic (exact) mass is 389 g/mol. The Kier molecular flexibility index (Phi) is 5.46. The van der Waals surface area contributed by atoms with Gasteiger partial charge in [-0.1, -0.05) is 25.4 Å². The molecule has 1 N–H and O–H groups in total. The van der Waals surface area contributed by atoms with Crippen LogP contribution in [0.25, 0.3) is 0 Å². The average molecular weight is 391 g/mol. The number of hydrogen-bond donors (Lipinski definition) is 1. The number of nitrogens with zero attached hydrogens (tertiary/aromatic N) is 2. The molecule has 0 aliphatic carbocycles. The molecule has 0 fully saturated rings. The Hall–Kier alpha value is -0.850. The molecule has 0 amide bonds. The zero-order valence-corrected chi connectivity index (χ0v) is 15.2. The molecule has 0 saturated carbocycles. The van der Waals surface area contributed by atoms with Gasteiger partial charge in [-0.15, -0.1) is 11.3 Å². The summed E-state index contributed by atoms with van der Waals surface area (Å²) in [7, 11) is 0. The quantitative estimate of drug-likeness (QED) is 0.814. The van der Waals surface area contributed by atoms with Gasteiger partial charge in [-0.05, 0) is 40.9 Å². The molecular formula is C14H17BrClN3OS. The summed E-state index contributed by atoms with van der Waals surface area (Å²) >= 11 is 10.8. The van der Waals surface area contributed by atoms with Crippen molar-refractivity contribution >= 4 is 44.6 Å². The van der Waals surface area contributed by atoms with Gasteiger partial charge in [-0.25, -0.2) is 4.68 Å². The topological polar surface area (TPSA) is 46.9 Å². The predicted molar refractivity (Wildman–Crippen MR) is 92.4 cm³/mol. The van der Waals surface area contributed by atoms with Crippen LogP contribution >= 0.6 is 38.9 Å². The summed E-state index contributed by atoms with van der Waals surface area (Å²) in [4.78, 5) is 13.4. The number of halogens is 2. The van der Waals surface area contributed by atoms with E-state index in [-0.39, 0.29) is 11.6 Å². The maximum Gasteiger partial charge on any atom is 0.283 e. The first-order chi connectivity index (χ1) is 9.88. The molecule has 114 valence electrons. The first-order valence-corrected chi connectivity index (χ1v) is 8.64. The van der Waals surface area contributed by atoms with Gasteiger partial charge in [0.15, 0.2) is 0 Å². The molecule has 2 rings (SSSR count). The molecule has 0 aliphatic heterocycles. The van der Waals surface area contributed by atoms with Gasteiger partial charge < -0.3 is 5.32 Å². The van der Waals surface area contributed by atoms with Gasteiger partial charge in [-0.3, -0.25) is 4.79 Å². The fourth-order valence-corrected chi connectivity index (χ4v) is 3.39. The van der Waals surface area contributed by atoms with Gasteiger partial charge in [0, 0.05) is 11.4 Å². The van der Waals surface area contributed by atoms with Crippen LogP contribution < -0.4 is 10.9 Å². The number of thiophene rings is 1. The van der Waals surface area contributed by atoms with Gasteiger partial charge >= 0.3 is 0 Å². The Morgan fingerprint density at radius 3 is 2.71 bits per heavy atom. The first kappa shape index (κ1) is 16.5. The van der Waals surface area contributed by atoms with Crippen molar-refractivity contribution in [3.05, 3.63) is 42.4 Å². The van der Waals surface area contributed by atoms with Crippen LogP contribution in [0.2, 0.25) is 4.34 Å². The lowest BCUT2D eigenvalue weighted by Gasteiger charge is -2.16. The molecule has 2 aromatic rings. The summed E-state index contributed by atoms with van der Waals surface area (Å²) in [6, 6.07) is 3.90. The molecule has 21 heavy (non-hydrogen) atoms. The number of hydrogen-bond acceptors (Lipinski definition) is 4. The highest BCUT2D eigenvalue weighted by Crippen LogP contribution is 2.30. The number of anilines is 1. The average Bonchev–Trinajstić information content (AvgIpc) is 2.84. The van der Waals surface area contributed by atoms with Crippen molar-refractivity contribution in [2.75, 3.05) is 5.32 Å². The lowest BCUT2D eigenvalue weighted by atomic mass is 10.2. The number of rotatable bonds is 5. The van der Waals surface area contributed by atoms with Crippen LogP contribution in [0.15, 0.2) is 27.6 Å². The molecule has 4 nitrogen and oxygen atoms in total. The van der Waals surface area contributed by atoms with Gasteiger partial charge in [0.1, 0.15) is 4.47 Å². The van der Waals surface area contributed by atoms with E-state index in [0.29, 0.717) is 22.6 Å². The number of nitrogens with one attached hydrogen (secondary N) is 1. The van der Waals surface area contributed by atoms with Crippen molar-refractivity contribution in [3.8, 4) is 0 Å². The molecular weight excluding hydrogens is 374 g/mol. The molecule has 0 spiro atoms. The van der Waals surface area contributed by atoms with Crippen LogP contribution in [0.3, 0.4) is 0 Å². The third kappa shape index (κ3) is 4.08. The zero-order chi connectivity index (χ0) is 15.6. The summed E-state index contributed by atoms with van der Waals surface area (Å²) in [5.74, 6) is 0.369. The molecule has 0 bridgehead atoms. The molecule has 0 aliphatic rings. The fourth-order valence-electron chi connectivity index (χ4n) is 1.91. The minimum atomic E-state index is -0.120. The van der Waals surface area contributed by atoms with E-state index in [1.54, 1.807) is 6.20 Å². The summed E-state index contributed by atoms with van der Waals surface area (Å²) in [6.45, 7) is 6.73. The van der Waals surface area contributed by atoms with Crippen LogP contribution in [0.1, 0.15) is 31.7 Å². The Morgan fingerprint density at radius 1 is 1.43 bits per heavy atom. The van der Waals surface area contributed by atoms with Crippen LogP contribution in [0.4, 0.5) is 5.69 Å². The molecule has 2 heterocycles. The SMILES string of the molecule is CC(C)Cn1ncc(NC(C)c2ccc(Cl)s2)c(Br)c1=O. The Labute approximate surface area is 141 Å². The smallest absolute Gasteiger partial charge is 0.283 e. The second-order valence-corrected chi connectivity index (χ2v) is 7.80. The minimum absolute atomic E-state index is 0.0564. The first-order valence-electron chi connectivity index (χ1n) is 6.66. The van der Waals surface area contributed by atoms with Crippen molar-refractivity contribution in [1.29, 1.82) is 0 Å². The maximum absolute atomic E-state index is 12.2. The zero-order valence-electron chi connectivity index (χ0n) is 12.1. The van der Waals surface area contributed by atoms with Crippen LogP contribution in [-0.4, -0.2) is 9.78 Å². The minimum Gasteiger partial charge on any atom is -0.375 e. The lowest BCUT2D eigenvalue weighted by Crippen LogP contribution is -2.26. The second kappa shape index (κ2) is 6.94. The third-order valence-corrected chi connectivity index (χ3v) is 5.10. The second-order valence-electron chi connectivity index (χ2n) is 5.26.